The smallest absolute Gasteiger partial charge is 0.243 e. The number of ether oxygens (including phenoxy) is 2. The maximum Gasteiger partial charge on any atom is 0.243 e. The maximum atomic E-state index is 14.5. The van der Waals surface area contributed by atoms with Gasteiger partial charge in [0.25, 0.3) is 0 Å². The number of hydrogen-bond donors (Lipinski definition) is 1. The summed E-state index contributed by atoms with van der Waals surface area (Å²) in [4.78, 5) is 12.8. The lowest BCUT2D eigenvalue weighted by atomic mass is 10.2. The van der Waals surface area contributed by atoms with Crippen molar-refractivity contribution >= 4 is 44.8 Å². The van der Waals surface area contributed by atoms with E-state index >= 15 is 0 Å². The van der Waals surface area contributed by atoms with Crippen molar-refractivity contribution in [1.82, 2.24) is 4.31 Å². The number of nitrogens with one attached hydrogen (secondary N) is 1. The number of anilines is 1. The van der Waals surface area contributed by atoms with E-state index in [1.54, 1.807) is 12.1 Å². The highest BCUT2D eigenvalue weighted by Gasteiger charge is 2.29. The Bertz CT molecular complexity index is 1270. The molecule has 3 aromatic carbocycles. The Labute approximate surface area is 207 Å². The van der Waals surface area contributed by atoms with E-state index in [2.05, 4.69) is 5.32 Å². The summed E-state index contributed by atoms with van der Waals surface area (Å²) < 4.78 is 52.5. The van der Waals surface area contributed by atoms with Crippen molar-refractivity contribution < 1.29 is 27.1 Å². The minimum Gasteiger partial charge on any atom is -0.497 e. The molecule has 1 N–H and O–H groups in total. The van der Waals surface area contributed by atoms with Gasteiger partial charge in [-0.25, -0.2) is 12.8 Å². The van der Waals surface area contributed by atoms with Gasteiger partial charge in [0.1, 0.15) is 17.3 Å². The number of rotatable bonds is 9. The van der Waals surface area contributed by atoms with Crippen molar-refractivity contribution in [1.29, 1.82) is 0 Å². The van der Waals surface area contributed by atoms with Crippen molar-refractivity contribution in [3.8, 4) is 11.5 Å². The molecule has 180 valence electrons. The van der Waals surface area contributed by atoms with E-state index in [9.17, 15) is 17.6 Å². The number of benzene rings is 3. The van der Waals surface area contributed by atoms with E-state index in [0.717, 1.165) is 10.4 Å². The Balaban J connectivity index is 1.95. The molecular formula is C23H21Cl2FN2O5S. The van der Waals surface area contributed by atoms with Crippen LogP contribution in [0.4, 0.5) is 10.1 Å². The monoisotopic (exact) mass is 526 g/mol. The van der Waals surface area contributed by atoms with Crippen LogP contribution in [-0.2, 0) is 21.4 Å². The standard InChI is InChI=1S/C23H21Cl2FN2O5S/c1-32-16-8-11-22(33-2)21(12-16)27-23(29)14-28(13-18-19(25)4-3-5-20(18)26)34(30,31)17-9-6-15(24)7-10-17/h3-12H,13-14H2,1-2H3,(H,27,29). The van der Waals surface area contributed by atoms with Crippen LogP contribution in [0.2, 0.25) is 10.0 Å². The zero-order valence-electron chi connectivity index (χ0n) is 18.2. The van der Waals surface area contributed by atoms with Crippen LogP contribution in [0.1, 0.15) is 5.56 Å². The van der Waals surface area contributed by atoms with Crippen LogP contribution < -0.4 is 14.8 Å². The number of carbonyl (C=O) groups is 1. The average molecular weight is 527 g/mol. The number of methoxy groups -OCH3 is 2. The van der Waals surface area contributed by atoms with E-state index in [1.807, 2.05) is 0 Å². The number of hydrogen-bond acceptors (Lipinski definition) is 5. The minimum absolute atomic E-state index is 0.0335. The zero-order valence-corrected chi connectivity index (χ0v) is 20.5. The molecule has 0 aliphatic carbocycles. The van der Waals surface area contributed by atoms with Crippen molar-refractivity contribution in [2.75, 3.05) is 26.1 Å². The van der Waals surface area contributed by atoms with Gasteiger partial charge in [-0.1, -0.05) is 29.3 Å². The first-order valence-electron chi connectivity index (χ1n) is 9.86. The van der Waals surface area contributed by atoms with Crippen molar-refractivity contribution in [3.05, 3.63) is 82.1 Å². The van der Waals surface area contributed by atoms with Gasteiger partial charge in [-0.3, -0.25) is 4.79 Å². The summed E-state index contributed by atoms with van der Waals surface area (Å²) in [5.41, 5.74) is 0.216. The molecule has 3 aromatic rings. The second kappa shape index (κ2) is 11.1. The van der Waals surface area contributed by atoms with Gasteiger partial charge >= 0.3 is 0 Å². The molecule has 0 fully saturated rings. The molecule has 0 aromatic heterocycles. The molecule has 0 spiro atoms. The Morgan fingerprint density at radius 1 is 1.03 bits per heavy atom. The third-order valence-electron chi connectivity index (χ3n) is 4.85. The molecular weight excluding hydrogens is 506 g/mol. The Hall–Kier alpha value is -2.85. The number of halogens is 3. The van der Waals surface area contributed by atoms with Gasteiger partial charge in [0.15, 0.2) is 0 Å². The van der Waals surface area contributed by atoms with E-state index in [1.165, 1.54) is 56.7 Å². The molecule has 1 amide bonds. The second-order valence-electron chi connectivity index (χ2n) is 7.04. The Morgan fingerprint density at radius 3 is 2.35 bits per heavy atom. The number of amides is 1. The molecule has 0 aliphatic heterocycles. The summed E-state index contributed by atoms with van der Waals surface area (Å²) in [6, 6.07) is 14.2. The second-order valence-corrected chi connectivity index (χ2v) is 9.82. The van der Waals surface area contributed by atoms with Crippen molar-refractivity contribution in [3.63, 3.8) is 0 Å². The first kappa shape index (κ1) is 25.8. The molecule has 0 aliphatic rings. The third-order valence-corrected chi connectivity index (χ3v) is 7.26. The predicted octanol–water partition coefficient (Wildman–Crippen LogP) is 4.98. The third kappa shape index (κ3) is 5.98. The van der Waals surface area contributed by atoms with Gasteiger partial charge in [-0.2, -0.15) is 4.31 Å². The summed E-state index contributed by atoms with van der Waals surface area (Å²) in [6.45, 7) is -1.10. The first-order valence-corrected chi connectivity index (χ1v) is 12.1. The summed E-state index contributed by atoms with van der Waals surface area (Å²) in [7, 11) is -1.34. The highest BCUT2D eigenvalue weighted by Crippen LogP contribution is 2.30. The molecule has 0 heterocycles. The van der Waals surface area contributed by atoms with Crippen molar-refractivity contribution in [2.45, 2.75) is 11.4 Å². The molecule has 0 radical (unpaired) electrons. The fourth-order valence-corrected chi connectivity index (χ4v) is 4.82. The molecule has 11 heteroatoms. The average Bonchev–Trinajstić information content (AvgIpc) is 2.80. The lowest BCUT2D eigenvalue weighted by molar-refractivity contribution is -0.116. The highest BCUT2D eigenvalue weighted by atomic mass is 35.5. The summed E-state index contributed by atoms with van der Waals surface area (Å²) in [5.74, 6) is -0.575. The van der Waals surface area contributed by atoms with Crippen LogP contribution in [0.25, 0.3) is 0 Å². The molecule has 0 saturated heterocycles. The summed E-state index contributed by atoms with van der Waals surface area (Å²) in [6.07, 6.45) is 0. The minimum atomic E-state index is -4.23. The Morgan fingerprint density at radius 2 is 1.74 bits per heavy atom. The van der Waals surface area contributed by atoms with Crippen LogP contribution in [0, 0.1) is 5.82 Å². The molecule has 0 atom stereocenters. The van der Waals surface area contributed by atoms with Crippen LogP contribution in [0.15, 0.2) is 65.6 Å². The summed E-state index contributed by atoms with van der Waals surface area (Å²) in [5, 5.41) is 2.99. The van der Waals surface area contributed by atoms with E-state index in [4.69, 9.17) is 32.7 Å². The molecule has 0 saturated carbocycles. The molecule has 0 bridgehead atoms. The number of carbonyl (C=O) groups excluding carboxylic acids is 1. The summed E-state index contributed by atoms with van der Waals surface area (Å²) >= 11 is 12.0. The lowest BCUT2D eigenvalue weighted by Gasteiger charge is -2.23. The Kier molecular flexibility index (Phi) is 8.37. The van der Waals surface area contributed by atoms with Gasteiger partial charge in [0, 0.05) is 28.2 Å². The van der Waals surface area contributed by atoms with E-state index in [0.29, 0.717) is 16.5 Å². The largest absolute Gasteiger partial charge is 0.497 e. The molecule has 0 unspecified atom stereocenters. The fourth-order valence-electron chi connectivity index (χ4n) is 3.10. The van der Waals surface area contributed by atoms with Crippen LogP contribution >= 0.6 is 23.2 Å². The van der Waals surface area contributed by atoms with Gasteiger partial charge in [0.05, 0.1) is 31.3 Å². The fraction of sp³-hybridized carbons (Fsp3) is 0.174. The highest BCUT2D eigenvalue weighted by molar-refractivity contribution is 7.89. The zero-order chi connectivity index (χ0) is 24.9. The maximum absolute atomic E-state index is 14.5. The van der Waals surface area contributed by atoms with Gasteiger partial charge in [0.2, 0.25) is 15.9 Å². The molecule has 3 rings (SSSR count). The van der Waals surface area contributed by atoms with Crippen LogP contribution in [-0.4, -0.2) is 39.4 Å². The topological polar surface area (TPSA) is 84.9 Å². The normalized spacial score (nSPS) is 11.4. The molecule has 7 nitrogen and oxygen atoms in total. The number of nitrogens with zero attached hydrogens (tertiary/aromatic N) is 1. The molecule has 34 heavy (non-hydrogen) atoms. The van der Waals surface area contributed by atoms with Crippen molar-refractivity contribution in [2.24, 2.45) is 0 Å². The SMILES string of the molecule is COc1ccc(OC)c(NC(=O)CN(Cc2c(F)cccc2Cl)S(=O)(=O)c2ccc(Cl)cc2)c1. The van der Waals surface area contributed by atoms with Gasteiger partial charge in [-0.15, -0.1) is 0 Å². The quantitative estimate of drug-likeness (QED) is 0.425. The predicted molar refractivity (Wildman–Crippen MR) is 129 cm³/mol. The van der Waals surface area contributed by atoms with Gasteiger partial charge in [-0.05, 0) is 48.5 Å². The lowest BCUT2D eigenvalue weighted by Crippen LogP contribution is -2.38. The number of sulfonamides is 1. The van der Waals surface area contributed by atoms with E-state index in [-0.39, 0.29) is 21.2 Å². The van der Waals surface area contributed by atoms with Gasteiger partial charge < -0.3 is 14.8 Å². The van der Waals surface area contributed by atoms with Crippen LogP contribution in [0.5, 0.6) is 11.5 Å². The van der Waals surface area contributed by atoms with E-state index < -0.39 is 34.8 Å². The van der Waals surface area contributed by atoms with Crippen LogP contribution in [0.3, 0.4) is 0 Å². The first-order chi connectivity index (χ1) is 16.1.